The van der Waals surface area contributed by atoms with Crippen molar-refractivity contribution in [2.75, 3.05) is 50.8 Å². The molecule has 2 saturated heterocycles. The highest BCUT2D eigenvalue weighted by Gasteiger charge is 2.30. The number of rotatable bonds is 13. The molecular weight excluding hydrogens is 1060 g/mol. The summed E-state index contributed by atoms with van der Waals surface area (Å²) in [6.45, 7) is 19.9. The molecule has 17 nitrogen and oxygen atoms in total. The molecule has 0 radical (unpaired) electrons. The quantitative estimate of drug-likeness (QED) is 0.0395. The summed E-state index contributed by atoms with van der Waals surface area (Å²) in [7, 11) is 0. The zero-order chi connectivity index (χ0) is 58.5. The molecule has 4 amide bonds. The second-order valence-electron chi connectivity index (χ2n) is 20.3. The van der Waals surface area contributed by atoms with Crippen LogP contribution in [0.4, 0.5) is 16.2 Å². The maximum Gasteiger partial charge on any atom is 0.328 e. The number of ketones is 1. The highest BCUT2D eigenvalue weighted by Crippen LogP contribution is 2.43. The highest BCUT2D eigenvalue weighted by molar-refractivity contribution is 7.23. The molecule has 7 aromatic rings. The van der Waals surface area contributed by atoms with E-state index < -0.39 is 35.8 Å². The number of carbonyl (C=O) groups is 5. The van der Waals surface area contributed by atoms with Gasteiger partial charge in [-0.1, -0.05) is 67.4 Å². The number of aliphatic imine (C=N–C) groups is 1. The molecule has 3 aliphatic rings. The van der Waals surface area contributed by atoms with Gasteiger partial charge in [0.1, 0.15) is 47.4 Å². The largest absolute Gasteiger partial charge is 0.508 e. The van der Waals surface area contributed by atoms with E-state index in [2.05, 4.69) is 115 Å². The van der Waals surface area contributed by atoms with Gasteiger partial charge in [-0.25, -0.2) is 4.79 Å². The number of anilines is 2. The minimum Gasteiger partial charge on any atom is -0.508 e. The molecule has 10 rings (SSSR count). The highest BCUT2D eigenvalue weighted by atomic mass is 32.1. The van der Waals surface area contributed by atoms with Crippen LogP contribution in [-0.4, -0.2) is 107 Å². The minimum atomic E-state index is -1.24. The van der Waals surface area contributed by atoms with E-state index in [4.69, 9.17) is 15.6 Å². The van der Waals surface area contributed by atoms with Gasteiger partial charge in [-0.05, 0) is 169 Å². The Balaban J connectivity index is 0.000000196. The smallest absolute Gasteiger partial charge is 0.328 e. The maximum atomic E-state index is 13.8. The van der Waals surface area contributed by atoms with Crippen molar-refractivity contribution >= 4 is 68.2 Å². The first-order valence-electron chi connectivity index (χ1n) is 26.9. The number of carbonyl (C=O) groups excluding carboxylic acids is 4. The van der Waals surface area contributed by atoms with Crippen LogP contribution in [0.1, 0.15) is 94.5 Å². The molecule has 3 aliphatic heterocycles. The number of nitrogens with zero attached hydrogens (tertiary/aromatic N) is 3. The fraction of sp³-hybridized carbons (Fsp3) is 0.312. The van der Waals surface area contributed by atoms with Gasteiger partial charge in [0.25, 0.3) is 0 Å². The number of thiophene rings is 1. The zero-order valence-corrected chi connectivity index (χ0v) is 47.6. The molecule has 2 fully saturated rings. The second kappa shape index (κ2) is 28.7. The number of ether oxygens (including phenoxy) is 1. The number of aryl methyl sites for hydroxylation is 5. The molecule has 9 N–H and O–H groups in total. The van der Waals surface area contributed by atoms with Gasteiger partial charge < -0.3 is 41.1 Å². The van der Waals surface area contributed by atoms with E-state index in [-0.39, 0.29) is 36.0 Å². The van der Waals surface area contributed by atoms with E-state index >= 15 is 0 Å². The number of aliphatic carboxylic acids is 1. The number of carboxylic acids is 1. The number of amides is 4. The first-order valence-corrected chi connectivity index (χ1v) is 27.7. The van der Waals surface area contributed by atoms with Crippen LogP contribution in [0.25, 0.3) is 20.5 Å². The predicted octanol–water partition coefficient (Wildman–Crippen LogP) is 10.9. The number of hydrogen-bond acceptors (Lipinski definition) is 15. The molecule has 0 aliphatic carbocycles. The fourth-order valence-corrected chi connectivity index (χ4v) is 10.3. The lowest BCUT2D eigenvalue weighted by atomic mass is 9.96. The number of likely N-dealkylation sites (tertiary alicyclic amines) is 1. The lowest BCUT2D eigenvalue weighted by Crippen LogP contribution is -2.54. The van der Waals surface area contributed by atoms with E-state index in [0.717, 1.165) is 76.9 Å². The van der Waals surface area contributed by atoms with Crippen molar-refractivity contribution in [1.29, 1.82) is 0 Å². The monoisotopic (exact) mass is 1130 g/mol. The summed E-state index contributed by atoms with van der Waals surface area (Å²) in [6.07, 6.45) is 3.88. The van der Waals surface area contributed by atoms with Crippen LogP contribution in [0.2, 0.25) is 0 Å². The number of fused-ring (bicyclic) bond motifs is 1. The van der Waals surface area contributed by atoms with Crippen LogP contribution >= 0.6 is 11.3 Å². The van der Waals surface area contributed by atoms with Crippen molar-refractivity contribution in [2.45, 2.75) is 81.2 Å². The summed E-state index contributed by atoms with van der Waals surface area (Å²) in [4.78, 5) is 66.2. The number of barbiturate groups is 1. The van der Waals surface area contributed by atoms with E-state index in [1.54, 1.807) is 17.4 Å². The van der Waals surface area contributed by atoms with Crippen LogP contribution < -0.4 is 31.3 Å². The lowest BCUT2D eigenvalue weighted by molar-refractivity contribution is -0.139. The second-order valence-corrected chi connectivity index (χ2v) is 21.4. The molecular formula is C64H75N7O10S. The standard InChI is InChI=1S/C30H31NO3S.C19H23N3.C9H11NO4.C5H6N2O3.CH4/c1-20-6-8-23(9-7-20)30-27(25-14-15-26(32)21(2)29(25)35-30)28(33)22-10-12-24(13-11-22)34-19-18-31-16-4-3-5-17-31;1-14-4-7-17(8-5-14)22(13-19-20-10-11-21-19)18-9-6-15(2)16(3)12-18;1-4-6(11)2-5(3-7(4)12)8(10)9(13)14;1-2-3(8)6-5(10)7-4(2)9;/h6-15,32H,3-5,16-19H2,1-2H3;4-9,12H,10-11,13H2,1-3H3,(H,20,21);2-3,8,11-12H,10H2,1H3,(H,13,14);2H,1H3,(H2,6,7,8,9,10);1H4/t;;8-;;/m..0../s1. The summed E-state index contributed by atoms with van der Waals surface area (Å²) < 4.78 is 6.90. The topological polar surface area (TPSA) is 256 Å². The van der Waals surface area contributed by atoms with Crippen molar-refractivity contribution in [3.8, 4) is 33.4 Å². The molecule has 82 heavy (non-hydrogen) atoms. The average molecular weight is 1130 g/mol. The number of phenolic OH excluding ortho intramolecular Hbond substituents is 3. The molecule has 0 unspecified atom stereocenters. The van der Waals surface area contributed by atoms with Gasteiger partial charge >= 0.3 is 12.0 Å². The Morgan fingerprint density at radius 1 is 0.744 bits per heavy atom. The Bertz CT molecular complexity index is 3380. The summed E-state index contributed by atoms with van der Waals surface area (Å²) in [5.41, 5.74) is 16.4. The van der Waals surface area contributed by atoms with Gasteiger partial charge in [0, 0.05) is 61.7 Å². The van der Waals surface area contributed by atoms with Crippen LogP contribution in [0, 0.1) is 47.5 Å². The van der Waals surface area contributed by atoms with Crippen LogP contribution in [0.3, 0.4) is 0 Å². The van der Waals surface area contributed by atoms with Crippen LogP contribution in [-0.2, 0) is 14.4 Å². The third kappa shape index (κ3) is 16.1. The summed E-state index contributed by atoms with van der Waals surface area (Å²) in [5, 5.41) is 45.6. The first kappa shape index (κ1) is 62.6. The Morgan fingerprint density at radius 3 is 1.91 bits per heavy atom. The molecule has 4 heterocycles. The number of piperidine rings is 1. The number of imide groups is 2. The third-order valence-electron chi connectivity index (χ3n) is 14.3. The summed E-state index contributed by atoms with van der Waals surface area (Å²) in [5.74, 6) is -1.33. The molecule has 18 heteroatoms. The lowest BCUT2D eigenvalue weighted by Gasteiger charge is -2.26. The number of amidine groups is 1. The number of carboxylic acid groups (broad SMARTS) is 1. The Morgan fingerprint density at radius 2 is 1.34 bits per heavy atom. The van der Waals surface area contributed by atoms with Crippen molar-refractivity contribution in [3.05, 3.63) is 165 Å². The van der Waals surface area contributed by atoms with Crippen molar-refractivity contribution in [2.24, 2.45) is 16.6 Å². The number of hydrogen-bond donors (Lipinski definition) is 8. The number of nitrogens with two attached hydrogens (primary N) is 1. The Hall–Kier alpha value is -8.58. The van der Waals surface area contributed by atoms with Gasteiger partial charge in [0.05, 0.1) is 13.1 Å². The predicted molar refractivity (Wildman–Crippen MR) is 325 cm³/mol. The molecule has 0 bridgehead atoms. The first-order chi connectivity index (χ1) is 38.7. The van der Waals surface area contributed by atoms with Gasteiger partial charge in [-0.2, -0.15) is 0 Å². The fourth-order valence-electron chi connectivity index (χ4n) is 9.01. The molecule has 0 saturated carbocycles. The van der Waals surface area contributed by atoms with Gasteiger partial charge in [0.15, 0.2) is 5.78 Å². The minimum absolute atomic E-state index is 0. The maximum absolute atomic E-state index is 13.8. The number of aromatic hydroxyl groups is 3. The number of phenols is 3. The van der Waals surface area contributed by atoms with Crippen LogP contribution in [0.5, 0.6) is 23.0 Å². The van der Waals surface area contributed by atoms with Crippen LogP contribution in [0.15, 0.2) is 120 Å². The van der Waals surface area contributed by atoms with Crippen molar-refractivity contribution in [3.63, 3.8) is 0 Å². The summed E-state index contributed by atoms with van der Waals surface area (Å²) >= 11 is 1.56. The van der Waals surface area contributed by atoms with Gasteiger partial charge in [-0.3, -0.25) is 39.7 Å². The van der Waals surface area contributed by atoms with E-state index in [1.165, 1.54) is 78.9 Å². The van der Waals surface area contributed by atoms with Crippen molar-refractivity contribution < 1.29 is 49.1 Å². The van der Waals surface area contributed by atoms with E-state index in [1.807, 2.05) is 47.9 Å². The molecule has 1 aromatic heterocycles. The Kier molecular flexibility index (Phi) is 21.9. The molecule has 1 atom stereocenters. The third-order valence-corrected chi connectivity index (χ3v) is 15.7. The molecule has 432 valence electrons. The number of urea groups is 1. The SMILES string of the molecule is C.CC1C(=O)NC(=O)NC1=O.Cc1c(O)cc([C@H](N)C(=O)O)cc1O.Cc1ccc(-c2sc3c(C)c(O)ccc3c2C(=O)c2ccc(OCCN3CCCCC3)cc2)cc1.Cc1ccc(N(CC2=NCCN2)c2ccc(C)c(C)c2)cc1. The molecule has 0 spiro atoms. The Labute approximate surface area is 483 Å². The normalized spacial score (nSPS) is 14.4. The van der Waals surface area contributed by atoms with Gasteiger partial charge in [0.2, 0.25) is 11.8 Å². The number of benzene rings is 6. The van der Waals surface area contributed by atoms with Gasteiger partial charge in [-0.15, -0.1) is 11.3 Å². The van der Waals surface area contributed by atoms with E-state index in [9.17, 15) is 39.3 Å². The number of nitrogens with one attached hydrogen (secondary N) is 3. The van der Waals surface area contributed by atoms with E-state index in [0.29, 0.717) is 23.3 Å². The summed E-state index contributed by atoms with van der Waals surface area (Å²) in [6, 6.07) is 35.1. The average Bonchev–Trinajstić information content (AvgIpc) is 4.35. The van der Waals surface area contributed by atoms with Crippen molar-refractivity contribution in [1.82, 2.24) is 20.9 Å². The zero-order valence-electron chi connectivity index (χ0n) is 46.8. The molecule has 6 aromatic carbocycles.